The van der Waals surface area contributed by atoms with Crippen LogP contribution in [0, 0.1) is 0 Å². The summed E-state index contributed by atoms with van der Waals surface area (Å²) < 4.78 is 13.2. The van der Waals surface area contributed by atoms with E-state index in [-0.39, 0.29) is 17.8 Å². The largest absolute Gasteiger partial charge is 0.495 e. The van der Waals surface area contributed by atoms with Gasteiger partial charge in [0.1, 0.15) is 11.5 Å². The first-order valence-electron chi connectivity index (χ1n) is 10.5. The molecule has 0 bridgehead atoms. The van der Waals surface area contributed by atoms with Crippen LogP contribution in [0.3, 0.4) is 0 Å². The summed E-state index contributed by atoms with van der Waals surface area (Å²) in [6.07, 6.45) is 2.40. The van der Waals surface area contributed by atoms with Crippen LogP contribution >= 0.6 is 23.4 Å². The van der Waals surface area contributed by atoms with Gasteiger partial charge in [0.25, 0.3) is 0 Å². The average Bonchev–Trinajstić information content (AvgIpc) is 3.21. The minimum atomic E-state index is -0.330. The lowest BCUT2D eigenvalue weighted by molar-refractivity contribution is -0.113. The van der Waals surface area contributed by atoms with E-state index in [0.29, 0.717) is 34.0 Å². The van der Waals surface area contributed by atoms with Crippen molar-refractivity contribution >= 4 is 35.0 Å². The Kier molecular flexibility index (Phi) is 8.79. The fourth-order valence-electron chi connectivity index (χ4n) is 3.16. The summed E-state index contributed by atoms with van der Waals surface area (Å²) in [6, 6.07) is 13.0. The number of allylic oxidation sites excluding steroid dienone is 1. The van der Waals surface area contributed by atoms with Crippen LogP contribution in [0.4, 0.5) is 5.69 Å². The molecule has 0 aliphatic rings. The van der Waals surface area contributed by atoms with Gasteiger partial charge in [-0.05, 0) is 49.2 Å². The fraction of sp³-hybridized carbons (Fsp3) is 0.292. The van der Waals surface area contributed by atoms with Crippen LogP contribution in [0.5, 0.6) is 11.5 Å². The highest BCUT2D eigenvalue weighted by Crippen LogP contribution is 2.29. The highest BCUT2D eigenvalue weighted by atomic mass is 35.5. The maximum absolute atomic E-state index is 12.5. The number of anilines is 1. The number of methoxy groups -OCH3 is 1. The van der Waals surface area contributed by atoms with Crippen molar-refractivity contribution in [3.8, 4) is 11.5 Å². The van der Waals surface area contributed by atoms with E-state index in [4.69, 9.17) is 21.1 Å². The second kappa shape index (κ2) is 11.8. The standard InChI is InChI=1S/C24H27ClN4O3S/c1-5-13-29-23(16(3)32-19-10-7-17(6-2)8-11-19)27-28-24(29)33-15-22(30)26-20-14-18(25)9-12-21(20)31-4/h5,7-12,14,16H,1,6,13,15H2,2-4H3,(H,26,30). The molecule has 3 aromatic rings. The van der Waals surface area contributed by atoms with Gasteiger partial charge in [-0.25, -0.2) is 0 Å². The third-order valence-electron chi connectivity index (χ3n) is 4.83. The predicted molar refractivity (Wildman–Crippen MR) is 132 cm³/mol. The molecular formula is C24H27ClN4O3S. The van der Waals surface area contributed by atoms with Crippen LogP contribution in [0.25, 0.3) is 0 Å². The van der Waals surface area contributed by atoms with Crippen LogP contribution < -0.4 is 14.8 Å². The lowest BCUT2D eigenvalue weighted by Crippen LogP contribution is -2.16. The van der Waals surface area contributed by atoms with E-state index >= 15 is 0 Å². The van der Waals surface area contributed by atoms with Crippen molar-refractivity contribution in [2.24, 2.45) is 0 Å². The summed E-state index contributed by atoms with van der Waals surface area (Å²) in [5, 5.41) is 12.5. The van der Waals surface area contributed by atoms with Crippen LogP contribution in [-0.2, 0) is 17.8 Å². The first-order chi connectivity index (χ1) is 15.9. The van der Waals surface area contributed by atoms with E-state index in [1.807, 2.05) is 35.8 Å². The molecule has 1 atom stereocenters. The lowest BCUT2D eigenvalue weighted by Gasteiger charge is -2.16. The van der Waals surface area contributed by atoms with Crippen molar-refractivity contribution in [2.75, 3.05) is 18.2 Å². The molecule has 3 rings (SSSR count). The van der Waals surface area contributed by atoms with Crippen LogP contribution in [0.15, 0.2) is 60.3 Å². The number of benzene rings is 2. The highest BCUT2D eigenvalue weighted by molar-refractivity contribution is 7.99. The number of nitrogens with one attached hydrogen (secondary N) is 1. The van der Waals surface area contributed by atoms with E-state index in [0.717, 1.165) is 12.2 Å². The zero-order valence-electron chi connectivity index (χ0n) is 18.9. The Hall–Kier alpha value is -2.97. The van der Waals surface area contributed by atoms with E-state index in [2.05, 4.69) is 29.0 Å². The monoisotopic (exact) mass is 486 g/mol. The maximum atomic E-state index is 12.5. The Balaban J connectivity index is 1.67. The number of carbonyl (C=O) groups is 1. The second-order valence-electron chi connectivity index (χ2n) is 7.18. The van der Waals surface area contributed by atoms with Crippen molar-refractivity contribution < 1.29 is 14.3 Å². The molecule has 174 valence electrons. The molecule has 1 amide bonds. The Labute approximate surface area is 203 Å². The second-order valence-corrected chi connectivity index (χ2v) is 8.56. The number of ether oxygens (including phenoxy) is 2. The molecular weight excluding hydrogens is 460 g/mol. The molecule has 0 aliphatic carbocycles. The Morgan fingerprint density at radius 3 is 2.70 bits per heavy atom. The first kappa shape index (κ1) is 24.7. The SMILES string of the molecule is C=CCn1c(SCC(=O)Nc2cc(Cl)ccc2OC)nnc1C(C)Oc1ccc(CC)cc1. The van der Waals surface area contributed by atoms with E-state index in [9.17, 15) is 4.79 Å². The molecule has 0 aliphatic heterocycles. The molecule has 0 saturated heterocycles. The summed E-state index contributed by atoms with van der Waals surface area (Å²) in [7, 11) is 1.54. The predicted octanol–water partition coefficient (Wildman–Crippen LogP) is 5.56. The number of nitrogens with zero attached hydrogens (tertiary/aromatic N) is 3. The summed E-state index contributed by atoms with van der Waals surface area (Å²) >= 11 is 7.32. The topological polar surface area (TPSA) is 78.3 Å². The van der Waals surface area contributed by atoms with Gasteiger partial charge in [0.2, 0.25) is 5.91 Å². The molecule has 9 heteroatoms. The van der Waals surface area contributed by atoms with E-state index in [1.54, 1.807) is 24.3 Å². The van der Waals surface area contributed by atoms with Gasteiger partial charge in [-0.1, -0.05) is 48.5 Å². The van der Waals surface area contributed by atoms with Gasteiger partial charge in [0.05, 0.1) is 18.6 Å². The molecule has 1 heterocycles. The summed E-state index contributed by atoms with van der Waals surface area (Å²) in [5.41, 5.74) is 1.76. The molecule has 0 radical (unpaired) electrons. The maximum Gasteiger partial charge on any atom is 0.234 e. The van der Waals surface area contributed by atoms with Crippen LogP contribution in [0.1, 0.15) is 31.3 Å². The Bertz CT molecular complexity index is 1100. The Morgan fingerprint density at radius 1 is 1.27 bits per heavy atom. The van der Waals surface area contributed by atoms with Gasteiger partial charge in [0.15, 0.2) is 17.1 Å². The third-order valence-corrected chi connectivity index (χ3v) is 6.04. The van der Waals surface area contributed by atoms with Crippen molar-refractivity contribution in [1.82, 2.24) is 14.8 Å². The molecule has 7 nitrogen and oxygen atoms in total. The van der Waals surface area contributed by atoms with Crippen molar-refractivity contribution in [3.63, 3.8) is 0 Å². The van der Waals surface area contributed by atoms with Gasteiger partial charge in [0, 0.05) is 11.6 Å². The third kappa shape index (κ3) is 6.52. The minimum absolute atomic E-state index is 0.138. The number of rotatable bonds is 11. The van der Waals surface area contributed by atoms with Crippen molar-refractivity contribution in [3.05, 3.63) is 71.5 Å². The molecule has 2 aromatic carbocycles. The Morgan fingerprint density at radius 2 is 2.03 bits per heavy atom. The van der Waals surface area contributed by atoms with E-state index < -0.39 is 0 Å². The molecule has 1 unspecified atom stereocenters. The number of amides is 1. The summed E-state index contributed by atoms with van der Waals surface area (Å²) in [5.74, 6) is 1.88. The summed E-state index contributed by atoms with van der Waals surface area (Å²) in [6.45, 7) is 8.36. The number of hydrogen-bond donors (Lipinski definition) is 1. The molecule has 33 heavy (non-hydrogen) atoms. The fourth-order valence-corrected chi connectivity index (χ4v) is 4.09. The number of thioether (sulfide) groups is 1. The summed E-state index contributed by atoms with van der Waals surface area (Å²) in [4.78, 5) is 12.5. The van der Waals surface area contributed by atoms with Crippen LogP contribution in [-0.4, -0.2) is 33.5 Å². The molecule has 0 fully saturated rings. The van der Waals surface area contributed by atoms with Crippen molar-refractivity contribution in [1.29, 1.82) is 0 Å². The zero-order valence-corrected chi connectivity index (χ0v) is 20.4. The van der Waals surface area contributed by atoms with E-state index in [1.165, 1.54) is 24.4 Å². The number of hydrogen-bond acceptors (Lipinski definition) is 6. The quantitative estimate of drug-likeness (QED) is 0.282. The highest BCUT2D eigenvalue weighted by Gasteiger charge is 2.20. The van der Waals surface area contributed by atoms with Gasteiger partial charge in [-0.3, -0.25) is 9.36 Å². The van der Waals surface area contributed by atoms with Gasteiger partial charge < -0.3 is 14.8 Å². The van der Waals surface area contributed by atoms with Crippen molar-refractivity contribution in [2.45, 2.75) is 38.1 Å². The van der Waals surface area contributed by atoms with Gasteiger partial charge in [-0.15, -0.1) is 16.8 Å². The van der Waals surface area contributed by atoms with Gasteiger partial charge in [-0.2, -0.15) is 0 Å². The molecule has 1 aromatic heterocycles. The molecule has 0 spiro atoms. The minimum Gasteiger partial charge on any atom is -0.495 e. The smallest absolute Gasteiger partial charge is 0.234 e. The average molecular weight is 487 g/mol. The normalized spacial score (nSPS) is 11.6. The number of halogens is 1. The number of aryl methyl sites for hydroxylation is 1. The number of aromatic nitrogens is 3. The zero-order chi connectivity index (χ0) is 23.8. The number of carbonyl (C=O) groups excluding carboxylic acids is 1. The van der Waals surface area contributed by atoms with Gasteiger partial charge >= 0.3 is 0 Å². The first-order valence-corrected chi connectivity index (χ1v) is 11.9. The molecule has 1 N–H and O–H groups in total. The van der Waals surface area contributed by atoms with Crippen LogP contribution in [0.2, 0.25) is 5.02 Å². The molecule has 0 saturated carbocycles. The lowest BCUT2D eigenvalue weighted by atomic mass is 10.2.